The lowest BCUT2D eigenvalue weighted by Crippen LogP contribution is -2.28. The van der Waals surface area contributed by atoms with E-state index in [0.29, 0.717) is 13.2 Å². The molecule has 2 N–H and O–H groups in total. The molecule has 0 aliphatic carbocycles. The summed E-state index contributed by atoms with van der Waals surface area (Å²) < 4.78 is 22.3. The molecule has 20 heavy (non-hydrogen) atoms. The van der Waals surface area contributed by atoms with Crippen molar-refractivity contribution >= 4 is 8.25 Å². The van der Waals surface area contributed by atoms with Crippen LogP contribution in [-0.4, -0.2) is 39.4 Å². The van der Waals surface area contributed by atoms with Crippen molar-refractivity contribution in [3.63, 3.8) is 0 Å². The number of hydrogen-bond acceptors (Lipinski definition) is 5. The average molecular weight is 304 g/mol. The Morgan fingerprint density at radius 2 is 1.20 bits per heavy atom. The molecule has 0 radical (unpaired) electrons. The SMILES string of the molecule is O=[PH](OCCC1CCNCC1)OCCC1CCNCC1. The fraction of sp³-hybridized carbons (Fsp3) is 1.00. The Balaban J connectivity index is 1.45. The molecule has 0 atom stereocenters. The molecule has 0 aromatic carbocycles. The Morgan fingerprint density at radius 3 is 1.60 bits per heavy atom. The maximum atomic E-state index is 11.6. The molecule has 0 unspecified atom stereocenters. The largest absolute Gasteiger partial charge is 0.319 e. The first-order chi connectivity index (χ1) is 9.84. The summed E-state index contributed by atoms with van der Waals surface area (Å²) in [5, 5.41) is 6.70. The van der Waals surface area contributed by atoms with E-state index in [9.17, 15) is 4.57 Å². The molecule has 5 nitrogen and oxygen atoms in total. The highest BCUT2D eigenvalue weighted by molar-refractivity contribution is 7.33. The molecular formula is C14H29N2O3P. The van der Waals surface area contributed by atoms with Gasteiger partial charge in [-0.1, -0.05) is 0 Å². The quantitative estimate of drug-likeness (QED) is 0.673. The average Bonchev–Trinajstić information content (AvgIpc) is 2.49. The van der Waals surface area contributed by atoms with E-state index in [-0.39, 0.29) is 0 Å². The first-order valence-electron chi connectivity index (χ1n) is 8.05. The van der Waals surface area contributed by atoms with Crippen molar-refractivity contribution < 1.29 is 13.6 Å². The molecule has 6 heteroatoms. The normalized spacial score (nSPS) is 22.4. The summed E-state index contributed by atoms with van der Waals surface area (Å²) in [7, 11) is -2.27. The highest BCUT2D eigenvalue weighted by atomic mass is 31.1. The minimum absolute atomic E-state index is 0.579. The summed E-state index contributed by atoms with van der Waals surface area (Å²) in [5.74, 6) is 1.45. The fourth-order valence-electron chi connectivity index (χ4n) is 3.00. The fourth-order valence-corrected chi connectivity index (χ4v) is 3.65. The Bertz CT molecular complexity index is 254. The van der Waals surface area contributed by atoms with E-state index in [0.717, 1.165) is 50.9 Å². The predicted octanol–water partition coefficient (Wildman–Crippen LogP) is 2.19. The van der Waals surface area contributed by atoms with E-state index < -0.39 is 8.25 Å². The monoisotopic (exact) mass is 304 g/mol. The van der Waals surface area contributed by atoms with Gasteiger partial charge in [-0.05, 0) is 76.5 Å². The molecule has 0 aromatic rings. The van der Waals surface area contributed by atoms with E-state index in [1.54, 1.807) is 0 Å². The van der Waals surface area contributed by atoms with Crippen LogP contribution in [0.2, 0.25) is 0 Å². The van der Waals surface area contributed by atoms with E-state index >= 15 is 0 Å². The van der Waals surface area contributed by atoms with Gasteiger partial charge in [0.1, 0.15) is 0 Å². The van der Waals surface area contributed by atoms with Gasteiger partial charge in [0.15, 0.2) is 0 Å². The van der Waals surface area contributed by atoms with Crippen molar-refractivity contribution in [3.8, 4) is 0 Å². The lowest BCUT2D eigenvalue weighted by atomic mass is 9.95. The van der Waals surface area contributed by atoms with E-state index in [1.165, 1.54) is 25.7 Å². The van der Waals surface area contributed by atoms with Gasteiger partial charge in [0.2, 0.25) is 0 Å². The van der Waals surface area contributed by atoms with Gasteiger partial charge in [-0.25, -0.2) is 0 Å². The standard InChI is InChI=1S/C14H29N2O3P/c17-20(18-11-5-13-1-7-15-8-2-13)19-12-6-14-3-9-16-10-4-14/h13-16,20H,1-12H2. The molecule has 2 heterocycles. The summed E-state index contributed by atoms with van der Waals surface area (Å²) >= 11 is 0. The van der Waals surface area contributed by atoms with Crippen molar-refractivity contribution in [2.45, 2.75) is 38.5 Å². The second-order valence-corrected chi connectivity index (χ2v) is 6.99. The van der Waals surface area contributed by atoms with Crippen LogP contribution in [0.5, 0.6) is 0 Å². The van der Waals surface area contributed by atoms with Crippen LogP contribution in [0.15, 0.2) is 0 Å². The predicted molar refractivity (Wildman–Crippen MR) is 81.3 cm³/mol. The zero-order chi connectivity index (χ0) is 14.0. The lowest BCUT2D eigenvalue weighted by molar-refractivity contribution is 0.190. The minimum atomic E-state index is -2.27. The van der Waals surface area contributed by atoms with Crippen LogP contribution in [0.1, 0.15) is 38.5 Å². The third kappa shape index (κ3) is 6.68. The Hall–Kier alpha value is 0.0700. The topological polar surface area (TPSA) is 59.6 Å². The maximum Gasteiger partial charge on any atom is 0.319 e. The summed E-state index contributed by atoms with van der Waals surface area (Å²) in [6, 6.07) is 0. The number of rotatable bonds is 8. The van der Waals surface area contributed by atoms with Crippen LogP contribution in [0.3, 0.4) is 0 Å². The van der Waals surface area contributed by atoms with Gasteiger partial charge in [-0.15, -0.1) is 0 Å². The lowest BCUT2D eigenvalue weighted by Gasteiger charge is -2.22. The molecule has 2 fully saturated rings. The van der Waals surface area contributed by atoms with E-state index in [4.69, 9.17) is 9.05 Å². The van der Waals surface area contributed by atoms with Crippen molar-refractivity contribution in [1.82, 2.24) is 10.6 Å². The minimum Gasteiger partial charge on any atom is -0.317 e. The van der Waals surface area contributed by atoms with Crippen molar-refractivity contribution in [1.29, 1.82) is 0 Å². The van der Waals surface area contributed by atoms with Gasteiger partial charge >= 0.3 is 8.25 Å². The number of hydrogen-bond donors (Lipinski definition) is 2. The van der Waals surface area contributed by atoms with Gasteiger partial charge < -0.3 is 19.7 Å². The smallest absolute Gasteiger partial charge is 0.317 e. The molecular weight excluding hydrogens is 275 g/mol. The van der Waals surface area contributed by atoms with Gasteiger partial charge in [0.25, 0.3) is 0 Å². The van der Waals surface area contributed by atoms with Gasteiger partial charge in [0, 0.05) is 0 Å². The summed E-state index contributed by atoms with van der Waals surface area (Å²) in [5.41, 5.74) is 0. The molecule has 2 aliphatic heterocycles. The zero-order valence-electron chi connectivity index (χ0n) is 12.4. The molecule has 0 saturated carbocycles. The van der Waals surface area contributed by atoms with Crippen LogP contribution in [-0.2, 0) is 13.6 Å². The second-order valence-electron chi connectivity index (χ2n) is 5.91. The highest BCUT2D eigenvalue weighted by Crippen LogP contribution is 2.27. The molecule has 2 aliphatic rings. The molecule has 2 rings (SSSR count). The van der Waals surface area contributed by atoms with Crippen molar-refractivity contribution in [2.24, 2.45) is 11.8 Å². The van der Waals surface area contributed by atoms with E-state index in [1.807, 2.05) is 0 Å². The van der Waals surface area contributed by atoms with Crippen LogP contribution < -0.4 is 10.6 Å². The molecule has 0 amide bonds. The number of piperidine rings is 2. The Morgan fingerprint density at radius 1 is 0.800 bits per heavy atom. The molecule has 0 spiro atoms. The van der Waals surface area contributed by atoms with Crippen LogP contribution in [0, 0.1) is 11.8 Å². The Labute approximate surface area is 123 Å². The molecule has 118 valence electrons. The third-order valence-corrected chi connectivity index (χ3v) is 5.29. The van der Waals surface area contributed by atoms with Crippen molar-refractivity contribution in [2.75, 3.05) is 39.4 Å². The molecule has 0 bridgehead atoms. The maximum absolute atomic E-state index is 11.6. The van der Waals surface area contributed by atoms with Gasteiger partial charge in [-0.3, -0.25) is 4.57 Å². The zero-order valence-corrected chi connectivity index (χ0v) is 13.4. The molecule has 0 aromatic heterocycles. The first kappa shape index (κ1) is 16.4. The van der Waals surface area contributed by atoms with Crippen LogP contribution in [0.25, 0.3) is 0 Å². The van der Waals surface area contributed by atoms with Crippen LogP contribution >= 0.6 is 8.25 Å². The second kappa shape index (κ2) is 9.91. The number of nitrogens with one attached hydrogen (secondary N) is 2. The third-order valence-electron chi connectivity index (χ3n) is 4.41. The van der Waals surface area contributed by atoms with Crippen molar-refractivity contribution in [3.05, 3.63) is 0 Å². The van der Waals surface area contributed by atoms with Gasteiger partial charge in [-0.2, -0.15) is 0 Å². The van der Waals surface area contributed by atoms with Crippen LogP contribution in [0.4, 0.5) is 0 Å². The summed E-state index contributed by atoms with van der Waals surface area (Å²) in [6.45, 7) is 5.57. The molecule has 2 saturated heterocycles. The Kier molecular flexibility index (Phi) is 8.14. The summed E-state index contributed by atoms with van der Waals surface area (Å²) in [6.07, 6.45) is 6.86. The highest BCUT2D eigenvalue weighted by Gasteiger charge is 2.14. The summed E-state index contributed by atoms with van der Waals surface area (Å²) in [4.78, 5) is 0. The van der Waals surface area contributed by atoms with E-state index in [2.05, 4.69) is 10.6 Å². The van der Waals surface area contributed by atoms with Gasteiger partial charge in [0.05, 0.1) is 13.2 Å². The first-order valence-corrected chi connectivity index (χ1v) is 9.28.